The molecule has 0 atom stereocenters. The minimum Gasteiger partial charge on any atom is -0.302 e. The molecule has 0 unspecified atom stereocenters. The van der Waals surface area contributed by atoms with Crippen molar-refractivity contribution in [2.24, 2.45) is 0 Å². The van der Waals surface area contributed by atoms with Crippen LogP contribution in [0.2, 0.25) is 0 Å². The third kappa shape index (κ3) is 3.47. The van der Waals surface area contributed by atoms with Crippen LogP contribution in [0.1, 0.15) is 24.5 Å². The van der Waals surface area contributed by atoms with Crippen LogP contribution in [0.5, 0.6) is 0 Å². The van der Waals surface area contributed by atoms with Crippen molar-refractivity contribution in [2.75, 3.05) is 0 Å². The molecule has 0 N–H and O–H groups in total. The summed E-state index contributed by atoms with van der Waals surface area (Å²) in [5.41, 5.74) is 2.81. The standard InChI is InChI=1S/C18H17N5S/c1-3-9-23-17(15-6-4-5-13(2)10-15)21-22-18(23)24-16-8-7-14(11-19)12-20-16/h4-8,10,12H,3,9H2,1-2H3. The van der Waals surface area contributed by atoms with Gasteiger partial charge in [0.1, 0.15) is 11.1 Å². The van der Waals surface area contributed by atoms with Crippen LogP contribution in [0.25, 0.3) is 11.4 Å². The molecule has 24 heavy (non-hydrogen) atoms. The predicted molar refractivity (Wildman–Crippen MR) is 93.6 cm³/mol. The van der Waals surface area contributed by atoms with E-state index < -0.39 is 0 Å². The second kappa shape index (κ2) is 7.28. The smallest absolute Gasteiger partial charge is 0.197 e. The van der Waals surface area contributed by atoms with E-state index in [9.17, 15) is 0 Å². The van der Waals surface area contributed by atoms with E-state index in [-0.39, 0.29) is 0 Å². The highest BCUT2D eigenvalue weighted by molar-refractivity contribution is 7.99. The van der Waals surface area contributed by atoms with Crippen molar-refractivity contribution in [2.45, 2.75) is 37.0 Å². The Balaban J connectivity index is 1.95. The van der Waals surface area contributed by atoms with Crippen molar-refractivity contribution < 1.29 is 0 Å². The molecular weight excluding hydrogens is 318 g/mol. The molecule has 2 heterocycles. The Morgan fingerprint density at radius 2 is 2.08 bits per heavy atom. The molecule has 0 fully saturated rings. The molecule has 0 saturated heterocycles. The summed E-state index contributed by atoms with van der Waals surface area (Å²) in [4.78, 5) is 4.30. The molecule has 2 aromatic heterocycles. The van der Waals surface area contributed by atoms with Gasteiger partial charge in [0.2, 0.25) is 0 Å². The quantitative estimate of drug-likeness (QED) is 0.703. The van der Waals surface area contributed by atoms with Gasteiger partial charge in [0, 0.05) is 18.3 Å². The zero-order valence-electron chi connectivity index (χ0n) is 13.6. The lowest BCUT2D eigenvalue weighted by Gasteiger charge is -2.09. The van der Waals surface area contributed by atoms with E-state index in [1.54, 1.807) is 12.3 Å². The van der Waals surface area contributed by atoms with E-state index >= 15 is 0 Å². The van der Waals surface area contributed by atoms with Crippen LogP contribution in [0.3, 0.4) is 0 Å². The van der Waals surface area contributed by atoms with E-state index in [1.807, 2.05) is 12.1 Å². The van der Waals surface area contributed by atoms with Crippen molar-refractivity contribution in [1.29, 1.82) is 5.26 Å². The SMILES string of the molecule is CCCn1c(Sc2ccc(C#N)cn2)nnc1-c1cccc(C)c1. The fraction of sp³-hybridized carbons (Fsp3) is 0.222. The molecule has 1 aromatic carbocycles. The maximum Gasteiger partial charge on any atom is 0.197 e. The molecule has 0 amide bonds. The first-order valence-corrected chi connectivity index (χ1v) is 8.57. The molecule has 0 saturated carbocycles. The van der Waals surface area contributed by atoms with E-state index in [0.29, 0.717) is 5.56 Å². The van der Waals surface area contributed by atoms with Crippen molar-refractivity contribution in [3.63, 3.8) is 0 Å². The Bertz CT molecular complexity index is 877. The number of benzene rings is 1. The number of pyridine rings is 1. The first-order chi connectivity index (χ1) is 11.7. The van der Waals surface area contributed by atoms with Crippen LogP contribution in [0.15, 0.2) is 52.8 Å². The zero-order chi connectivity index (χ0) is 16.9. The summed E-state index contributed by atoms with van der Waals surface area (Å²) in [6.45, 7) is 5.05. The monoisotopic (exact) mass is 335 g/mol. The summed E-state index contributed by atoms with van der Waals surface area (Å²) in [5, 5.41) is 19.2. The largest absolute Gasteiger partial charge is 0.302 e. The summed E-state index contributed by atoms with van der Waals surface area (Å²) in [6, 6.07) is 13.9. The molecule has 120 valence electrons. The number of nitrogens with zero attached hydrogens (tertiary/aromatic N) is 5. The average molecular weight is 335 g/mol. The van der Waals surface area contributed by atoms with Crippen LogP contribution in [-0.4, -0.2) is 19.7 Å². The second-order valence-corrected chi connectivity index (χ2v) is 6.41. The fourth-order valence-corrected chi connectivity index (χ4v) is 3.19. The number of hydrogen-bond acceptors (Lipinski definition) is 5. The highest BCUT2D eigenvalue weighted by atomic mass is 32.2. The molecular formula is C18H17N5S. The molecule has 3 rings (SSSR count). The molecule has 5 nitrogen and oxygen atoms in total. The average Bonchev–Trinajstić information content (AvgIpc) is 2.99. The van der Waals surface area contributed by atoms with Gasteiger partial charge in [0.05, 0.1) is 5.56 Å². The third-order valence-corrected chi connectivity index (χ3v) is 4.44. The van der Waals surface area contributed by atoms with Gasteiger partial charge < -0.3 is 4.57 Å². The summed E-state index contributed by atoms with van der Waals surface area (Å²) >= 11 is 1.46. The first-order valence-electron chi connectivity index (χ1n) is 7.75. The highest BCUT2D eigenvalue weighted by Gasteiger charge is 2.15. The number of hydrogen-bond donors (Lipinski definition) is 0. The molecule has 0 aliphatic rings. The Morgan fingerprint density at radius 3 is 2.75 bits per heavy atom. The van der Waals surface area contributed by atoms with E-state index in [4.69, 9.17) is 5.26 Å². The van der Waals surface area contributed by atoms with Gasteiger partial charge in [-0.3, -0.25) is 0 Å². The van der Waals surface area contributed by atoms with Crippen molar-refractivity contribution in [1.82, 2.24) is 19.7 Å². The van der Waals surface area contributed by atoms with Gasteiger partial charge >= 0.3 is 0 Å². The maximum absolute atomic E-state index is 8.86. The van der Waals surface area contributed by atoms with Crippen molar-refractivity contribution >= 4 is 11.8 Å². The Labute approximate surface area is 145 Å². The highest BCUT2D eigenvalue weighted by Crippen LogP contribution is 2.29. The molecule has 0 bridgehead atoms. The summed E-state index contributed by atoms with van der Waals surface area (Å²) in [6.07, 6.45) is 2.57. The van der Waals surface area contributed by atoms with Gasteiger partial charge in [0.15, 0.2) is 11.0 Å². The van der Waals surface area contributed by atoms with Gasteiger partial charge in [-0.25, -0.2) is 4.98 Å². The minimum atomic E-state index is 0.551. The molecule has 0 radical (unpaired) electrons. The van der Waals surface area contributed by atoms with Crippen molar-refractivity contribution in [3.8, 4) is 17.5 Å². The number of aromatic nitrogens is 4. The van der Waals surface area contributed by atoms with Gasteiger partial charge in [-0.05, 0) is 43.3 Å². The maximum atomic E-state index is 8.86. The van der Waals surface area contributed by atoms with Crippen molar-refractivity contribution in [3.05, 3.63) is 53.7 Å². The molecule has 0 aliphatic carbocycles. The Hall–Kier alpha value is -2.65. The number of rotatable bonds is 5. The summed E-state index contributed by atoms with van der Waals surface area (Å²) in [5.74, 6) is 0.872. The lowest BCUT2D eigenvalue weighted by molar-refractivity contribution is 0.626. The Kier molecular flexibility index (Phi) is 4.92. The van der Waals surface area contributed by atoms with Crippen LogP contribution in [0, 0.1) is 18.3 Å². The zero-order valence-corrected chi connectivity index (χ0v) is 14.4. The fourth-order valence-electron chi connectivity index (χ4n) is 2.39. The minimum absolute atomic E-state index is 0.551. The van der Waals surface area contributed by atoms with Gasteiger partial charge in [-0.2, -0.15) is 5.26 Å². The van der Waals surface area contributed by atoms with E-state index in [0.717, 1.165) is 34.5 Å². The number of aryl methyl sites for hydroxylation is 1. The lowest BCUT2D eigenvalue weighted by Crippen LogP contribution is -2.02. The van der Waals surface area contributed by atoms with Crippen LogP contribution < -0.4 is 0 Å². The van der Waals surface area contributed by atoms with Gasteiger partial charge in [-0.1, -0.05) is 30.7 Å². The predicted octanol–water partition coefficient (Wildman–Crippen LogP) is 4.08. The lowest BCUT2D eigenvalue weighted by atomic mass is 10.1. The molecule has 0 spiro atoms. The summed E-state index contributed by atoms with van der Waals surface area (Å²) in [7, 11) is 0. The normalized spacial score (nSPS) is 10.5. The molecule has 6 heteroatoms. The Morgan fingerprint density at radius 1 is 1.21 bits per heavy atom. The second-order valence-electron chi connectivity index (χ2n) is 5.43. The first kappa shape index (κ1) is 16.2. The summed E-state index contributed by atoms with van der Waals surface area (Å²) < 4.78 is 2.12. The van der Waals surface area contributed by atoms with E-state index in [1.165, 1.54) is 17.3 Å². The van der Waals surface area contributed by atoms with Crippen LogP contribution in [-0.2, 0) is 6.54 Å². The van der Waals surface area contributed by atoms with Crippen LogP contribution in [0.4, 0.5) is 0 Å². The number of nitriles is 1. The molecule has 3 aromatic rings. The van der Waals surface area contributed by atoms with Crippen LogP contribution >= 0.6 is 11.8 Å². The molecule has 0 aliphatic heterocycles. The third-order valence-electron chi connectivity index (χ3n) is 3.50. The van der Waals surface area contributed by atoms with Gasteiger partial charge in [-0.15, -0.1) is 10.2 Å². The van der Waals surface area contributed by atoms with E-state index in [2.05, 4.69) is 57.9 Å². The topological polar surface area (TPSA) is 67.4 Å². The van der Waals surface area contributed by atoms with Gasteiger partial charge in [0.25, 0.3) is 0 Å².